The van der Waals surface area contributed by atoms with E-state index in [0.717, 1.165) is 77.0 Å². The minimum absolute atomic E-state index is 0.185. The minimum atomic E-state index is -1.58. The minimum Gasteiger partial charge on any atom is -0.394 e. The number of hydrogen-bond acceptors (Lipinski definition) is 8. The van der Waals surface area contributed by atoms with Crippen LogP contribution in [-0.2, 0) is 14.3 Å². The molecule has 7 unspecified atom stereocenters. The fraction of sp³-hybridized carbons (Fsp3) is 0.761. The van der Waals surface area contributed by atoms with Crippen LogP contribution in [0.5, 0.6) is 0 Å². The predicted molar refractivity (Wildman–Crippen MR) is 341 cm³/mol. The van der Waals surface area contributed by atoms with Crippen molar-refractivity contribution in [3.05, 3.63) is 97.2 Å². The summed E-state index contributed by atoms with van der Waals surface area (Å²) in [6, 6.07) is -0.826. The van der Waals surface area contributed by atoms with Gasteiger partial charge in [0.1, 0.15) is 24.4 Å². The van der Waals surface area contributed by atoms with Gasteiger partial charge >= 0.3 is 0 Å². The number of hydrogen-bond donors (Lipinski definition) is 6. The Morgan fingerprint density at radius 2 is 0.787 bits per heavy atom. The highest BCUT2D eigenvalue weighted by molar-refractivity contribution is 5.76. The molecule has 80 heavy (non-hydrogen) atoms. The van der Waals surface area contributed by atoms with E-state index in [2.05, 4.69) is 104 Å². The van der Waals surface area contributed by atoms with Gasteiger partial charge in [0.2, 0.25) is 5.91 Å². The maximum atomic E-state index is 13.1. The lowest BCUT2D eigenvalue weighted by atomic mass is 9.99. The van der Waals surface area contributed by atoms with Gasteiger partial charge in [-0.3, -0.25) is 4.79 Å². The number of aliphatic hydroxyl groups is 5. The highest BCUT2D eigenvalue weighted by Crippen LogP contribution is 2.23. The number of carbonyl (C=O) groups excluding carboxylic acids is 1. The van der Waals surface area contributed by atoms with Crippen molar-refractivity contribution < 1.29 is 39.8 Å². The number of aliphatic hydroxyl groups excluding tert-OH is 5. The van der Waals surface area contributed by atoms with Crippen LogP contribution in [0.2, 0.25) is 0 Å². The normalized spacial score (nSPS) is 19.1. The van der Waals surface area contributed by atoms with Gasteiger partial charge in [-0.1, -0.05) is 297 Å². The van der Waals surface area contributed by atoms with Crippen LogP contribution in [0.25, 0.3) is 0 Å². The molecule has 0 aromatic heterocycles. The third-order valence-corrected chi connectivity index (χ3v) is 15.4. The maximum Gasteiger partial charge on any atom is 0.220 e. The second-order valence-electron chi connectivity index (χ2n) is 22.9. The van der Waals surface area contributed by atoms with Crippen LogP contribution in [0.4, 0.5) is 0 Å². The first-order valence-electron chi connectivity index (χ1n) is 33.5. The summed E-state index contributed by atoms with van der Waals surface area (Å²) in [5.41, 5.74) is 0. The molecule has 1 aliphatic rings. The molecule has 0 aromatic carbocycles. The van der Waals surface area contributed by atoms with Gasteiger partial charge in [-0.15, -0.1) is 0 Å². The number of rotatable bonds is 57. The summed E-state index contributed by atoms with van der Waals surface area (Å²) in [7, 11) is 0. The molecule has 0 radical (unpaired) electrons. The molecule has 1 amide bonds. The zero-order valence-electron chi connectivity index (χ0n) is 51.6. The largest absolute Gasteiger partial charge is 0.394 e. The lowest BCUT2D eigenvalue weighted by Crippen LogP contribution is -2.60. The number of allylic oxidation sites excluding steroid dienone is 15. The standard InChI is InChI=1S/C71H125NO8/c1-3-5-7-9-11-13-15-17-19-21-23-25-26-27-28-29-30-31-32-33-34-35-36-37-38-39-40-41-43-45-47-49-51-53-55-57-59-61-67(75)72-64(63-79-71-70(78)69(77)68(76)66(62-73)80-71)65(74)60-58-56-54-52-50-48-46-44-42-24-22-20-18-16-14-12-10-8-6-4-2/h5,7,11,13,17,19,23,25,27-28,30-31,50,52,58,60,64-66,68-71,73-74,76-78H,3-4,6,8-10,12,14-16,18,20-22,24,26,29,32-49,51,53-57,59,61-63H2,1-2H3,(H,72,75)/b7-5-,13-11-,19-17-,25-23-,28-27-,31-30-,52-50+,60-58+. The molecular weight excluding hydrogens is 995 g/mol. The number of amides is 1. The van der Waals surface area contributed by atoms with Crippen LogP contribution in [0.3, 0.4) is 0 Å². The molecule has 1 aliphatic heterocycles. The van der Waals surface area contributed by atoms with E-state index in [1.54, 1.807) is 6.08 Å². The van der Waals surface area contributed by atoms with Gasteiger partial charge in [0.05, 0.1) is 25.4 Å². The number of ether oxygens (including phenoxy) is 2. The molecule has 0 saturated carbocycles. The number of carbonyl (C=O) groups is 1. The van der Waals surface area contributed by atoms with Crippen molar-refractivity contribution in [3.8, 4) is 0 Å². The molecule has 0 bridgehead atoms. The van der Waals surface area contributed by atoms with E-state index in [1.165, 1.54) is 193 Å². The van der Waals surface area contributed by atoms with Crippen LogP contribution in [0.1, 0.15) is 290 Å². The lowest BCUT2D eigenvalue weighted by Gasteiger charge is -2.40. The average Bonchev–Trinajstić information content (AvgIpc) is 3.46. The van der Waals surface area contributed by atoms with Crippen molar-refractivity contribution in [2.24, 2.45) is 0 Å². The van der Waals surface area contributed by atoms with Crippen molar-refractivity contribution in [2.75, 3.05) is 13.2 Å². The Bertz CT molecular complexity index is 1580. The molecule has 9 heteroatoms. The SMILES string of the molecule is CC/C=C\C/C=C\C/C=C\C/C=C\C/C=C\C/C=C\CCCCCCCCCCCCCCCCCCCCC(=O)NC(COC1OC(CO)C(O)C(O)C1O)C(O)/C=C/CC/C=C/CCCCCCCCCCCCCCCC. The first kappa shape index (κ1) is 75.1. The van der Waals surface area contributed by atoms with Gasteiger partial charge in [-0.2, -0.15) is 0 Å². The maximum absolute atomic E-state index is 13.1. The molecule has 1 saturated heterocycles. The Morgan fingerprint density at radius 3 is 1.20 bits per heavy atom. The molecule has 462 valence electrons. The average molecular weight is 1120 g/mol. The van der Waals surface area contributed by atoms with E-state index in [4.69, 9.17) is 9.47 Å². The molecular formula is C71H125NO8. The van der Waals surface area contributed by atoms with E-state index >= 15 is 0 Å². The van der Waals surface area contributed by atoms with Crippen LogP contribution < -0.4 is 5.32 Å². The van der Waals surface area contributed by atoms with Crippen LogP contribution in [-0.4, -0.2) is 87.5 Å². The summed E-state index contributed by atoms with van der Waals surface area (Å²) in [6.45, 7) is 3.67. The summed E-state index contributed by atoms with van der Waals surface area (Å²) in [4.78, 5) is 13.1. The quantitative estimate of drug-likeness (QED) is 0.0261. The molecule has 0 spiro atoms. The van der Waals surface area contributed by atoms with Gasteiger partial charge in [-0.05, 0) is 83.5 Å². The first-order chi connectivity index (χ1) is 39.3. The van der Waals surface area contributed by atoms with E-state index in [1.807, 2.05) is 6.08 Å². The van der Waals surface area contributed by atoms with Crippen LogP contribution >= 0.6 is 0 Å². The van der Waals surface area contributed by atoms with Crippen molar-refractivity contribution in [1.29, 1.82) is 0 Å². The molecule has 9 nitrogen and oxygen atoms in total. The highest BCUT2D eigenvalue weighted by Gasteiger charge is 2.44. The second-order valence-corrected chi connectivity index (χ2v) is 22.9. The third-order valence-electron chi connectivity index (χ3n) is 15.4. The van der Waals surface area contributed by atoms with Gasteiger partial charge < -0.3 is 40.3 Å². The molecule has 7 atom stereocenters. The first-order valence-corrected chi connectivity index (χ1v) is 33.5. The third kappa shape index (κ3) is 47.6. The fourth-order valence-corrected chi connectivity index (χ4v) is 10.2. The monoisotopic (exact) mass is 1120 g/mol. The van der Waals surface area contributed by atoms with E-state index < -0.39 is 49.5 Å². The Hall–Kier alpha value is -2.89. The van der Waals surface area contributed by atoms with Crippen molar-refractivity contribution in [3.63, 3.8) is 0 Å². The van der Waals surface area contributed by atoms with Gasteiger partial charge in [0, 0.05) is 6.42 Å². The van der Waals surface area contributed by atoms with Crippen molar-refractivity contribution in [1.82, 2.24) is 5.32 Å². The Kier molecular flexibility index (Phi) is 55.7. The second kappa shape index (κ2) is 59.3. The van der Waals surface area contributed by atoms with E-state index in [0.29, 0.717) is 6.42 Å². The van der Waals surface area contributed by atoms with Gasteiger partial charge in [0.15, 0.2) is 6.29 Å². The molecule has 1 rings (SSSR count). The molecule has 0 aromatic rings. The summed E-state index contributed by atoms with van der Waals surface area (Å²) in [5, 5.41) is 54.6. The zero-order valence-corrected chi connectivity index (χ0v) is 51.6. The Labute approximate surface area is 492 Å². The topological polar surface area (TPSA) is 149 Å². The van der Waals surface area contributed by atoms with E-state index in [9.17, 15) is 30.3 Å². The molecule has 1 heterocycles. The lowest BCUT2D eigenvalue weighted by molar-refractivity contribution is -0.302. The predicted octanol–water partition coefficient (Wildman–Crippen LogP) is 17.9. The highest BCUT2D eigenvalue weighted by atomic mass is 16.7. The number of unbranched alkanes of at least 4 members (excludes halogenated alkanes) is 33. The van der Waals surface area contributed by atoms with Crippen LogP contribution in [0, 0.1) is 0 Å². The Morgan fingerprint density at radius 1 is 0.438 bits per heavy atom. The molecule has 6 N–H and O–H groups in total. The van der Waals surface area contributed by atoms with Crippen molar-refractivity contribution in [2.45, 2.75) is 333 Å². The Balaban J connectivity index is 2.13. The summed E-state index contributed by atoms with van der Waals surface area (Å²) < 4.78 is 11.3. The van der Waals surface area contributed by atoms with Gasteiger partial charge in [0.25, 0.3) is 0 Å². The van der Waals surface area contributed by atoms with E-state index in [-0.39, 0.29) is 12.5 Å². The fourth-order valence-electron chi connectivity index (χ4n) is 10.2. The molecule has 0 aliphatic carbocycles. The summed E-state index contributed by atoms with van der Waals surface area (Å²) >= 11 is 0. The van der Waals surface area contributed by atoms with Gasteiger partial charge in [-0.25, -0.2) is 0 Å². The van der Waals surface area contributed by atoms with Crippen LogP contribution in [0.15, 0.2) is 97.2 Å². The summed E-state index contributed by atoms with van der Waals surface area (Å²) in [6.07, 6.45) is 79.3. The summed E-state index contributed by atoms with van der Waals surface area (Å²) in [5.74, 6) is -0.185. The smallest absolute Gasteiger partial charge is 0.220 e. The molecule has 1 fully saturated rings. The number of nitrogens with one attached hydrogen (secondary N) is 1. The van der Waals surface area contributed by atoms with Crippen molar-refractivity contribution >= 4 is 5.91 Å². The zero-order chi connectivity index (χ0) is 57.9.